The van der Waals surface area contributed by atoms with Crippen LogP contribution in [0.2, 0.25) is 0 Å². The van der Waals surface area contributed by atoms with E-state index in [9.17, 15) is 8.42 Å². The van der Waals surface area contributed by atoms with Crippen LogP contribution in [0.15, 0.2) is 71.6 Å². The summed E-state index contributed by atoms with van der Waals surface area (Å²) in [5.41, 5.74) is 1.27. The number of tetrazole rings is 1. The number of rotatable bonds is 4. The maximum atomic E-state index is 12.6. The fourth-order valence-corrected chi connectivity index (χ4v) is 3.24. The monoisotopic (exact) mass is 353 g/mol. The van der Waals surface area contributed by atoms with Crippen molar-refractivity contribution in [1.29, 1.82) is 0 Å². The van der Waals surface area contributed by atoms with E-state index in [1.807, 2.05) is 18.2 Å². The molecule has 8 nitrogen and oxygen atoms in total. The van der Waals surface area contributed by atoms with Crippen LogP contribution in [-0.4, -0.2) is 33.7 Å². The van der Waals surface area contributed by atoms with Gasteiger partial charge in [-0.05, 0) is 22.6 Å². The van der Waals surface area contributed by atoms with Gasteiger partial charge in [0.1, 0.15) is 10.6 Å². The first-order valence-corrected chi connectivity index (χ1v) is 8.69. The topological polar surface area (TPSA) is 99.3 Å². The van der Waals surface area contributed by atoms with Gasteiger partial charge < -0.3 is 4.18 Å². The molecule has 0 N–H and O–H groups in total. The van der Waals surface area contributed by atoms with Crippen LogP contribution < -0.4 is 4.18 Å². The Kier molecular flexibility index (Phi) is 3.62. The lowest BCUT2D eigenvalue weighted by Gasteiger charge is -2.10. The Bertz CT molecular complexity index is 1130. The van der Waals surface area contributed by atoms with Crippen LogP contribution in [0.1, 0.15) is 0 Å². The number of hydrogen-bond acceptors (Lipinski definition) is 7. The van der Waals surface area contributed by atoms with E-state index in [1.165, 1.54) is 22.8 Å². The molecular weight excluding hydrogens is 342 g/mol. The average Bonchev–Trinajstić information content (AvgIpc) is 3.09. The molecule has 124 valence electrons. The Labute approximate surface area is 142 Å². The summed E-state index contributed by atoms with van der Waals surface area (Å²) in [7, 11) is -4.01. The van der Waals surface area contributed by atoms with Crippen LogP contribution in [0.3, 0.4) is 0 Å². The molecule has 0 unspecified atom stereocenters. The normalized spacial score (nSPS) is 11.5. The predicted molar refractivity (Wildman–Crippen MR) is 88.3 cm³/mol. The molecule has 0 amide bonds. The number of nitrogens with zero attached hydrogens (tertiary/aromatic N) is 5. The van der Waals surface area contributed by atoms with Crippen molar-refractivity contribution in [3.63, 3.8) is 0 Å². The average molecular weight is 353 g/mol. The van der Waals surface area contributed by atoms with Gasteiger partial charge in [0, 0.05) is 11.6 Å². The SMILES string of the molecule is O=S(=O)(Oc1cc2nnnn2nc1-c1ccccc1)c1ccccc1. The summed E-state index contributed by atoms with van der Waals surface area (Å²) in [5.74, 6) is 0.0531. The number of benzene rings is 2. The third-order valence-corrected chi connectivity index (χ3v) is 4.69. The van der Waals surface area contributed by atoms with Gasteiger partial charge in [-0.3, -0.25) is 0 Å². The summed E-state index contributed by atoms with van der Waals surface area (Å²) in [6.45, 7) is 0. The first-order valence-electron chi connectivity index (χ1n) is 7.28. The summed E-state index contributed by atoms with van der Waals surface area (Å²) in [6.07, 6.45) is 0. The minimum absolute atomic E-state index is 0.0495. The van der Waals surface area contributed by atoms with Gasteiger partial charge in [0.15, 0.2) is 5.75 Å². The van der Waals surface area contributed by atoms with Crippen molar-refractivity contribution in [2.75, 3.05) is 0 Å². The maximum absolute atomic E-state index is 12.6. The summed E-state index contributed by atoms with van der Waals surface area (Å²) < 4.78 is 31.7. The minimum atomic E-state index is -4.01. The van der Waals surface area contributed by atoms with Gasteiger partial charge in [0.05, 0.1) is 0 Å². The highest BCUT2D eigenvalue weighted by atomic mass is 32.2. The van der Waals surface area contributed by atoms with Gasteiger partial charge >= 0.3 is 10.1 Å². The number of hydrogen-bond donors (Lipinski definition) is 0. The molecule has 4 rings (SSSR count). The highest BCUT2D eigenvalue weighted by molar-refractivity contribution is 7.87. The van der Waals surface area contributed by atoms with Crippen molar-refractivity contribution in [3.8, 4) is 17.0 Å². The second-order valence-corrected chi connectivity index (χ2v) is 6.65. The second-order valence-electron chi connectivity index (χ2n) is 5.10. The Balaban J connectivity index is 1.86. The smallest absolute Gasteiger partial charge is 0.339 e. The zero-order valence-electron chi connectivity index (χ0n) is 12.7. The Hall–Kier alpha value is -3.33. The van der Waals surface area contributed by atoms with E-state index in [1.54, 1.807) is 30.3 Å². The van der Waals surface area contributed by atoms with Gasteiger partial charge in [-0.25, -0.2) is 0 Å². The van der Waals surface area contributed by atoms with E-state index >= 15 is 0 Å². The molecule has 0 radical (unpaired) electrons. The highest BCUT2D eigenvalue weighted by Crippen LogP contribution is 2.30. The predicted octanol–water partition coefficient (Wildman–Crippen LogP) is 1.95. The van der Waals surface area contributed by atoms with Crippen molar-refractivity contribution in [1.82, 2.24) is 25.3 Å². The van der Waals surface area contributed by atoms with E-state index in [0.29, 0.717) is 11.3 Å². The van der Waals surface area contributed by atoms with Crippen LogP contribution in [0, 0.1) is 0 Å². The molecule has 0 spiro atoms. The number of fused-ring (bicyclic) bond motifs is 1. The quantitative estimate of drug-likeness (QED) is 0.517. The van der Waals surface area contributed by atoms with E-state index in [0.717, 1.165) is 0 Å². The third kappa shape index (κ3) is 2.92. The largest absolute Gasteiger partial charge is 0.376 e. The molecule has 0 bridgehead atoms. The second kappa shape index (κ2) is 5.95. The lowest BCUT2D eigenvalue weighted by atomic mass is 10.1. The fraction of sp³-hybridized carbons (Fsp3) is 0. The van der Waals surface area contributed by atoms with Gasteiger partial charge in [-0.15, -0.1) is 14.8 Å². The Morgan fingerprint density at radius 1 is 0.920 bits per heavy atom. The number of aromatic nitrogens is 5. The molecule has 0 aliphatic heterocycles. The van der Waals surface area contributed by atoms with Gasteiger partial charge in [0.25, 0.3) is 0 Å². The van der Waals surface area contributed by atoms with Crippen LogP contribution >= 0.6 is 0 Å². The zero-order valence-corrected chi connectivity index (χ0v) is 13.5. The molecule has 0 atom stereocenters. The van der Waals surface area contributed by atoms with E-state index in [4.69, 9.17) is 4.18 Å². The van der Waals surface area contributed by atoms with Crippen molar-refractivity contribution in [3.05, 3.63) is 66.7 Å². The van der Waals surface area contributed by atoms with E-state index in [2.05, 4.69) is 20.6 Å². The van der Waals surface area contributed by atoms with Crippen molar-refractivity contribution in [2.45, 2.75) is 4.90 Å². The molecule has 0 fully saturated rings. The Morgan fingerprint density at radius 2 is 1.60 bits per heavy atom. The molecule has 4 aromatic rings. The molecule has 0 saturated carbocycles. The standard InChI is InChI=1S/C16H11N5O3S/c22-25(23,13-9-5-2-6-10-13)24-14-11-15-17-19-20-21(15)18-16(14)12-7-3-1-4-8-12/h1-11H. The van der Waals surface area contributed by atoms with Gasteiger partial charge in [0.2, 0.25) is 5.65 Å². The molecule has 2 aromatic heterocycles. The molecule has 0 aliphatic rings. The zero-order chi connectivity index (χ0) is 17.3. The van der Waals surface area contributed by atoms with Crippen molar-refractivity contribution in [2.24, 2.45) is 0 Å². The summed E-state index contributed by atoms with van der Waals surface area (Å²) in [5, 5.41) is 15.3. The molecular formula is C16H11N5O3S. The van der Waals surface area contributed by atoms with Crippen molar-refractivity contribution >= 4 is 15.8 Å². The summed E-state index contributed by atoms with van der Waals surface area (Å²) in [4.78, 5) is 0.0495. The molecule has 2 aromatic carbocycles. The highest BCUT2D eigenvalue weighted by Gasteiger charge is 2.21. The van der Waals surface area contributed by atoms with E-state index < -0.39 is 10.1 Å². The molecule has 0 saturated heterocycles. The van der Waals surface area contributed by atoms with Crippen LogP contribution in [0.4, 0.5) is 0 Å². The lowest BCUT2D eigenvalue weighted by molar-refractivity contribution is 0.484. The molecule has 25 heavy (non-hydrogen) atoms. The van der Waals surface area contributed by atoms with Gasteiger partial charge in [-0.1, -0.05) is 48.5 Å². The fourth-order valence-electron chi connectivity index (χ4n) is 2.29. The first kappa shape index (κ1) is 15.2. The van der Waals surface area contributed by atoms with Crippen LogP contribution in [0.5, 0.6) is 5.75 Å². The van der Waals surface area contributed by atoms with E-state index in [-0.39, 0.29) is 16.3 Å². The summed E-state index contributed by atoms with van der Waals surface area (Å²) >= 11 is 0. The van der Waals surface area contributed by atoms with Crippen molar-refractivity contribution < 1.29 is 12.6 Å². The van der Waals surface area contributed by atoms with Crippen LogP contribution in [0.25, 0.3) is 16.9 Å². The maximum Gasteiger partial charge on any atom is 0.339 e. The summed E-state index contributed by atoms with van der Waals surface area (Å²) in [6, 6.07) is 18.4. The van der Waals surface area contributed by atoms with Crippen LogP contribution in [-0.2, 0) is 10.1 Å². The van der Waals surface area contributed by atoms with Gasteiger partial charge in [-0.2, -0.15) is 8.42 Å². The molecule has 0 aliphatic carbocycles. The Morgan fingerprint density at radius 3 is 2.32 bits per heavy atom. The molecule has 9 heteroatoms. The lowest BCUT2D eigenvalue weighted by Crippen LogP contribution is -2.11. The minimum Gasteiger partial charge on any atom is -0.376 e. The molecule has 2 heterocycles. The first-order chi connectivity index (χ1) is 12.1. The third-order valence-electron chi connectivity index (χ3n) is 3.44.